The predicted molar refractivity (Wildman–Crippen MR) is 83.9 cm³/mol. The molecule has 8 nitrogen and oxygen atoms in total. The minimum atomic E-state index is -3.80. The van der Waals surface area contributed by atoms with E-state index in [2.05, 4.69) is 5.32 Å². The van der Waals surface area contributed by atoms with Gasteiger partial charge in [0, 0.05) is 5.69 Å². The minimum Gasteiger partial charge on any atom is -0.442 e. The van der Waals surface area contributed by atoms with Crippen LogP contribution in [-0.4, -0.2) is 44.4 Å². The zero-order chi connectivity index (χ0) is 17.2. The zero-order valence-corrected chi connectivity index (χ0v) is 13.9. The van der Waals surface area contributed by atoms with E-state index in [0.717, 1.165) is 0 Å². The van der Waals surface area contributed by atoms with E-state index in [9.17, 15) is 18.0 Å². The largest absolute Gasteiger partial charge is 0.442 e. The molecule has 1 atom stereocenters. The third kappa shape index (κ3) is 4.47. The third-order valence-electron chi connectivity index (χ3n) is 3.05. The lowest BCUT2D eigenvalue weighted by Gasteiger charge is -2.13. The highest BCUT2D eigenvalue weighted by molar-refractivity contribution is 7.89. The first-order chi connectivity index (χ1) is 10.7. The van der Waals surface area contributed by atoms with Crippen LogP contribution in [0.15, 0.2) is 29.2 Å². The summed E-state index contributed by atoms with van der Waals surface area (Å²) in [6.45, 7) is 0.245. The number of carbonyl (C=O) groups is 2. The van der Waals surface area contributed by atoms with Crippen molar-refractivity contribution in [2.45, 2.75) is 15.8 Å². The maximum Gasteiger partial charge on any atom is 0.414 e. The number of amides is 2. The number of primary sulfonamides is 1. The summed E-state index contributed by atoms with van der Waals surface area (Å²) in [6, 6.07) is 5.46. The molecule has 0 saturated carbocycles. The van der Waals surface area contributed by atoms with Gasteiger partial charge in [-0.3, -0.25) is 9.69 Å². The van der Waals surface area contributed by atoms with E-state index in [1.807, 2.05) is 0 Å². The Balaban J connectivity index is 2.01. The van der Waals surface area contributed by atoms with Gasteiger partial charge in [-0.15, -0.1) is 0 Å². The van der Waals surface area contributed by atoms with Gasteiger partial charge in [0.1, 0.15) is 6.10 Å². The SMILES string of the molecule is NS(=O)(=O)c1ccc(N2CC(CNC(=O)C(Cl)Cl)OC2=O)cc1. The summed E-state index contributed by atoms with van der Waals surface area (Å²) in [5, 5.41) is 7.45. The molecular formula is C12H13Cl2N3O5S. The van der Waals surface area contributed by atoms with Crippen molar-refractivity contribution >= 4 is 50.9 Å². The van der Waals surface area contributed by atoms with Gasteiger partial charge in [0.05, 0.1) is 18.0 Å². The second-order valence-electron chi connectivity index (χ2n) is 4.70. The van der Waals surface area contributed by atoms with Crippen LogP contribution in [0.4, 0.5) is 10.5 Å². The highest BCUT2D eigenvalue weighted by atomic mass is 35.5. The van der Waals surface area contributed by atoms with Gasteiger partial charge >= 0.3 is 6.09 Å². The molecule has 1 aromatic rings. The number of cyclic esters (lactones) is 1. The van der Waals surface area contributed by atoms with Crippen LogP contribution >= 0.6 is 23.2 Å². The Morgan fingerprint density at radius 3 is 2.52 bits per heavy atom. The molecule has 1 aromatic carbocycles. The first-order valence-corrected chi connectivity index (χ1v) is 8.77. The van der Waals surface area contributed by atoms with Crippen molar-refractivity contribution < 1.29 is 22.7 Å². The molecule has 1 aliphatic rings. The summed E-state index contributed by atoms with van der Waals surface area (Å²) in [6.07, 6.45) is -1.18. The smallest absolute Gasteiger partial charge is 0.414 e. The molecule has 0 bridgehead atoms. The Kier molecular flexibility index (Phi) is 5.35. The Morgan fingerprint density at radius 2 is 2.00 bits per heavy atom. The van der Waals surface area contributed by atoms with Crippen molar-refractivity contribution in [3.63, 3.8) is 0 Å². The van der Waals surface area contributed by atoms with Gasteiger partial charge in [-0.25, -0.2) is 18.4 Å². The number of carbonyl (C=O) groups excluding carboxylic acids is 2. The predicted octanol–water partition coefficient (Wildman–Crippen LogP) is 0.579. The number of nitrogens with two attached hydrogens (primary N) is 1. The molecule has 2 amide bonds. The topological polar surface area (TPSA) is 119 Å². The molecule has 23 heavy (non-hydrogen) atoms. The quantitative estimate of drug-likeness (QED) is 0.722. The summed E-state index contributed by atoms with van der Waals surface area (Å²) in [5.41, 5.74) is 0.448. The van der Waals surface area contributed by atoms with Crippen LogP contribution in [0.2, 0.25) is 0 Å². The Morgan fingerprint density at radius 1 is 1.39 bits per heavy atom. The van der Waals surface area contributed by atoms with Crippen LogP contribution in [0.25, 0.3) is 0 Å². The van der Waals surface area contributed by atoms with Crippen LogP contribution < -0.4 is 15.4 Å². The molecule has 0 radical (unpaired) electrons. The average Bonchev–Trinajstić information content (AvgIpc) is 2.85. The first kappa shape index (κ1) is 17.8. The summed E-state index contributed by atoms with van der Waals surface area (Å²) in [7, 11) is -3.80. The first-order valence-electron chi connectivity index (χ1n) is 6.35. The van der Waals surface area contributed by atoms with Crippen LogP contribution in [-0.2, 0) is 19.6 Å². The van der Waals surface area contributed by atoms with E-state index in [1.54, 1.807) is 0 Å². The Hall–Kier alpha value is -1.55. The number of hydrogen-bond acceptors (Lipinski definition) is 5. The fourth-order valence-corrected chi connectivity index (χ4v) is 2.62. The average molecular weight is 382 g/mol. The Bertz CT molecular complexity index is 708. The van der Waals surface area contributed by atoms with Crippen LogP contribution in [0.5, 0.6) is 0 Å². The second kappa shape index (κ2) is 6.91. The number of nitrogens with one attached hydrogen (secondary N) is 1. The van der Waals surface area contributed by atoms with Gasteiger partial charge in [-0.05, 0) is 24.3 Å². The normalized spacial score (nSPS) is 18.2. The van der Waals surface area contributed by atoms with E-state index in [4.69, 9.17) is 33.1 Å². The molecule has 1 heterocycles. The van der Waals surface area contributed by atoms with Gasteiger partial charge in [0.15, 0.2) is 4.84 Å². The summed E-state index contributed by atoms with van der Waals surface area (Å²) in [4.78, 5) is 23.2. The number of rotatable bonds is 5. The monoisotopic (exact) mass is 381 g/mol. The fraction of sp³-hybridized carbons (Fsp3) is 0.333. The van der Waals surface area contributed by atoms with Crippen LogP contribution in [0.3, 0.4) is 0 Å². The number of halogens is 2. The molecule has 1 saturated heterocycles. The van der Waals surface area contributed by atoms with Crippen molar-refractivity contribution in [1.29, 1.82) is 0 Å². The van der Waals surface area contributed by atoms with E-state index in [0.29, 0.717) is 5.69 Å². The lowest BCUT2D eigenvalue weighted by atomic mass is 10.2. The van der Waals surface area contributed by atoms with Crippen molar-refractivity contribution in [1.82, 2.24) is 5.32 Å². The molecule has 1 aliphatic heterocycles. The molecule has 2 rings (SSSR count). The van der Waals surface area contributed by atoms with E-state index >= 15 is 0 Å². The molecule has 126 valence electrons. The van der Waals surface area contributed by atoms with Crippen LogP contribution in [0.1, 0.15) is 0 Å². The highest BCUT2D eigenvalue weighted by Crippen LogP contribution is 2.22. The van der Waals surface area contributed by atoms with E-state index < -0.39 is 33.0 Å². The van der Waals surface area contributed by atoms with Crippen molar-refractivity contribution in [3.8, 4) is 0 Å². The highest BCUT2D eigenvalue weighted by Gasteiger charge is 2.32. The van der Waals surface area contributed by atoms with Gasteiger partial charge < -0.3 is 10.1 Å². The Labute approximate surface area is 142 Å². The standard InChI is InChI=1S/C12H13Cl2N3O5S/c13-10(14)11(18)16-5-8-6-17(12(19)22-8)7-1-3-9(4-2-7)23(15,20)21/h1-4,8,10H,5-6H2,(H,16,18)(H2,15,20,21). The van der Waals surface area contributed by atoms with Gasteiger partial charge in [0.2, 0.25) is 10.0 Å². The number of alkyl halides is 2. The number of anilines is 1. The van der Waals surface area contributed by atoms with E-state index in [-0.39, 0.29) is 18.0 Å². The molecule has 11 heteroatoms. The second-order valence-corrected chi connectivity index (χ2v) is 7.36. The fourth-order valence-electron chi connectivity index (χ4n) is 1.95. The van der Waals surface area contributed by atoms with Crippen molar-refractivity contribution in [2.75, 3.05) is 18.0 Å². The summed E-state index contributed by atoms with van der Waals surface area (Å²) < 4.78 is 27.5. The lowest BCUT2D eigenvalue weighted by Crippen LogP contribution is -2.37. The maximum atomic E-state index is 11.8. The molecule has 0 aromatic heterocycles. The van der Waals surface area contributed by atoms with Gasteiger partial charge in [-0.2, -0.15) is 0 Å². The molecule has 1 unspecified atom stereocenters. The molecular weight excluding hydrogens is 369 g/mol. The van der Waals surface area contributed by atoms with E-state index in [1.165, 1.54) is 29.2 Å². The number of hydrogen-bond donors (Lipinski definition) is 2. The number of benzene rings is 1. The van der Waals surface area contributed by atoms with Crippen LogP contribution in [0, 0.1) is 0 Å². The summed E-state index contributed by atoms with van der Waals surface area (Å²) >= 11 is 10.8. The minimum absolute atomic E-state index is 0.0618. The number of ether oxygens (including phenoxy) is 1. The third-order valence-corrected chi connectivity index (χ3v) is 4.38. The number of nitrogens with zero attached hydrogens (tertiary/aromatic N) is 1. The van der Waals surface area contributed by atoms with Gasteiger partial charge in [-0.1, -0.05) is 23.2 Å². The molecule has 1 fully saturated rings. The molecule has 0 aliphatic carbocycles. The summed E-state index contributed by atoms with van der Waals surface area (Å²) in [5.74, 6) is -0.583. The van der Waals surface area contributed by atoms with Crippen molar-refractivity contribution in [2.24, 2.45) is 5.14 Å². The van der Waals surface area contributed by atoms with Crippen molar-refractivity contribution in [3.05, 3.63) is 24.3 Å². The lowest BCUT2D eigenvalue weighted by molar-refractivity contribution is -0.119. The maximum absolute atomic E-state index is 11.8. The molecule has 0 spiro atoms. The number of sulfonamides is 1. The zero-order valence-electron chi connectivity index (χ0n) is 11.6. The molecule has 3 N–H and O–H groups in total. The van der Waals surface area contributed by atoms with Gasteiger partial charge in [0.25, 0.3) is 5.91 Å².